The van der Waals surface area contributed by atoms with E-state index in [0.29, 0.717) is 47.2 Å². The Morgan fingerprint density at radius 2 is 1.94 bits per heavy atom. The minimum Gasteiger partial charge on any atom is -0.496 e. The predicted molar refractivity (Wildman–Crippen MR) is 127 cm³/mol. The van der Waals surface area contributed by atoms with Gasteiger partial charge in [0.1, 0.15) is 11.6 Å². The summed E-state index contributed by atoms with van der Waals surface area (Å²) in [6.07, 6.45) is 0.605. The summed E-state index contributed by atoms with van der Waals surface area (Å²) in [5, 5.41) is 7.78. The number of hydrogen-bond acceptors (Lipinski definition) is 4. The van der Waals surface area contributed by atoms with Crippen LogP contribution in [0.4, 0.5) is 9.18 Å². The maximum Gasteiger partial charge on any atom is 0.314 e. The van der Waals surface area contributed by atoms with E-state index >= 15 is 0 Å². The highest BCUT2D eigenvalue weighted by Gasteiger charge is 2.14. The predicted octanol–water partition coefficient (Wildman–Crippen LogP) is 4.47. The van der Waals surface area contributed by atoms with Crippen molar-refractivity contribution in [3.63, 3.8) is 0 Å². The number of thiazole rings is 1. The summed E-state index contributed by atoms with van der Waals surface area (Å²) in [5.74, 6) is -0.462. The second-order valence-electron chi connectivity index (χ2n) is 6.96. The van der Waals surface area contributed by atoms with Crippen LogP contribution in [0.5, 0.6) is 5.75 Å². The molecule has 0 fully saturated rings. The maximum atomic E-state index is 13.4. The Morgan fingerprint density at radius 1 is 1.18 bits per heavy atom. The van der Waals surface area contributed by atoms with Crippen LogP contribution in [0.15, 0.2) is 52.8 Å². The quantitative estimate of drug-likeness (QED) is 0.457. The minimum absolute atomic E-state index is 0.235. The summed E-state index contributed by atoms with van der Waals surface area (Å²) < 4.78 is 20.6. The van der Waals surface area contributed by atoms with E-state index in [0.717, 1.165) is 11.3 Å². The van der Waals surface area contributed by atoms with Crippen LogP contribution in [0.25, 0.3) is 11.3 Å². The summed E-state index contributed by atoms with van der Waals surface area (Å²) in [4.78, 5) is 29.4. The highest BCUT2D eigenvalue weighted by molar-refractivity contribution is 7.07. The highest BCUT2D eigenvalue weighted by atomic mass is 35.5. The monoisotopic (exact) mass is 490 g/mol. The van der Waals surface area contributed by atoms with E-state index in [-0.39, 0.29) is 11.8 Å². The lowest BCUT2D eigenvalue weighted by Crippen LogP contribution is -2.36. The molecule has 1 heterocycles. The molecule has 0 aliphatic heterocycles. The number of aromatic nitrogens is 1. The molecule has 0 spiro atoms. The number of benzene rings is 2. The van der Waals surface area contributed by atoms with E-state index in [1.54, 1.807) is 30.3 Å². The molecule has 2 aromatic carbocycles. The molecule has 3 aromatic rings. The molecule has 0 saturated carbocycles. The molecule has 0 aliphatic carbocycles. The summed E-state index contributed by atoms with van der Waals surface area (Å²) in [5.41, 5.74) is 1.89. The van der Waals surface area contributed by atoms with Gasteiger partial charge in [0.05, 0.1) is 18.4 Å². The van der Waals surface area contributed by atoms with Crippen molar-refractivity contribution in [1.82, 2.24) is 15.2 Å². The van der Waals surface area contributed by atoms with Crippen LogP contribution in [0.3, 0.4) is 0 Å². The first kappa shape index (κ1) is 24.5. The molecule has 1 aromatic heterocycles. The molecule has 174 valence electrons. The standard InChI is InChI=1S/C23H24ClFN4O3S/c1-3-26-22(31)27-11-4-12-29-19(15-5-8-17(25)9-6-15)14-33-23(29)28-21(30)18-10-7-16(24)13-20(18)32-2/h5-10,13-14H,3-4,11-12H2,1-2H3,(H2,26,27,31)/b28-23-. The molecule has 0 saturated heterocycles. The van der Waals surface area contributed by atoms with E-state index in [1.165, 1.54) is 30.6 Å². The number of nitrogens with zero attached hydrogens (tertiary/aromatic N) is 2. The van der Waals surface area contributed by atoms with Gasteiger partial charge in [-0.1, -0.05) is 11.6 Å². The van der Waals surface area contributed by atoms with Crippen molar-refractivity contribution >= 4 is 34.9 Å². The van der Waals surface area contributed by atoms with E-state index in [2.05, 4.69) is 15.6 Å². The Labute approximate surface area is 199 Å². The summed E-state index contributed by atoms with van der Waals surface area (Å²) in [7, 11) is 1.46. The molecule has 7 nitrogen and oxygen atoms in total. The van der Waals surface area contributed by atoms with Gasteiger partial charge in [-0.2, -0.15) is 4.99 Å². The molecule has 10 heteroatoms. The number of halogens is 2. The lowest BCUT2D eigenvalue weighted by atomic mass is 10.1. The number of amides is 3. The van der Waals surface area contributed by atoms with Gasteiger partial charge in [-0.3, -0.25) is 4.79 Å². The van der Waals surface area contributed by atoms with Gasteiger partial charge in [0.25, 0.3) is 5.91 Å². The van der Waals surface area contributed by atoms with Gasteiger partial charge >= 0.3 is 6.03 Å². The fourth-order valence-corrected chi connectivity index (χ4v) is 4.23. The molecule has 0 atom stereocenters. The van der Waals surface area contributed by atoms with E-state index in [4.69, 9.17) is 16.3 Å². The van der Waals surface area contributed by atoms with E-state index in [9.17, 15) is 14.0 Å². The third kappa shape index (κ3) is 6.43. The normalized spacial score (nSPS) is 11.3. The van der Waals surface area contributed by atoms with Crippen molar-refractivity contribution in [3.8, 4) is 17.0 Å². The van der Waals surface area contributed by atoms with Crippen molar-refractivity contribution in [2.24, 2.45) is 4.99 Å². The molecule has 3 rings (SSSR count). The average molecular weight is 491 g/mol. The molecule has 0 unspecified atom stereocenters. The van der Waals surface area contributed by atoms with Gasteiger partial charge in [0.15, 0.2) is 4.80 Å². The number of rotatable bonds is 8. The minimum atomic E-state index is -0.467. The topological polar surface area (TPSA) is 84.7 Å². The molecule has 33 heavy (non-hydrogen) atoms. The maximum absolute atomic E-state index is 13.4. The van der Waals surface area contributed by atoms with Gasteiger partial charge in [0.2, 0.25) is 0 Å². The number of carbonyl (C=O) groups excluding carboxylic acids is 2. The van der Waals surface area contributed by atoms with Crippen molar-refractivity contribution in [2.75, 3.05) is 20.2 Å². The summed E-state index contributed by atoms with van der Waals surface area (Å²) in [6, 6.07) is 10.6. The number of hydrogen-bond donors (Lipinski definition) is 2. The van der Waals surface area contributed by atoms with Crippen LogP contribution in [0.2, 0.25) is 5.02 Å². The van der Waals surface area contributed by atoms with Crippen LogP contribution < -0.4 is 20.2 Å². The van der Waals surface area contributed by atoms with Crippen LogP contribution in [0, 0.1) is 5.82 Å². The number of carbonyl (C=O) groups is 2. The van der Waals surface area contributed by atoms with Crippen molar-refractivity contribution in [3.05, 3.63) is 69.0 Å². The Morgan fingerprint density at radius 3 is 2.64 bits per heavy atom. The fraction of sp³-hybridized carbons (Fsp3) is 0.261. The zero-order valence-corrected chi connectivity index (χ0v) is 19.8. The zero-order valence-electron chi connectivity index (χ0n) is 18.2. The van der Waals surface area contributed by atoms with Crippen molar-refractivity contribution in [2.45, 2.75) is 19.9 Å². The van der Waals surface area contributed by atoms with Crippen molar-refractivity contribution in [1.29, 1.82) is 0 Å². The third-order valence-corrected chi connectivity index (χ3v) is 5.81. The largest absolute Gasteiger partial charge is 0.496 e. The van der Waals surface area contributed by atoms with E-state index < -0.39 is 5.91 Å². The lowest BCUT2D eigenvalue weighted by molar-refractivity contribution is 0.0995. The lowest BCUT2D eigenvalue weighted by Gasteiger charge is -2.10. The van der Waals surface area contributed by atoms with Crippen LogP contribution in [0.1, 0.15) is 23.7 Å². The molecular formula is C23H24ClFN4O3S. The number of urea groups is 1. The second-order valence-corrected chi connectivity index (χ2v) is 8.24. The van der Waals surface area contributed by atoms with Crippen LogP contribution in [-0.2, 0) is 6.54 Å². The summed E-state index contributed by atoms with van der Waals surface area (Å²) >= 11 is 7.30. The molecule has 0 bridgehead atoms. The number of methoxy groups -OCH3 is 1. The molecule has 0 aliphatic rings. The van der Waals surface area contributed by atoms with Crippen molar-refractivity contribution < 1.29 is 18.7 Å². The van der Waals surface area contributed by atoms with Gasteiger partial charge in [-0.05, 0) is 61.4 Å². The SMILES string of the molecule is CCNC(=O)NCCCn1c(-c2ccc(F)cc2)cs/c1=N\C(=O)c1ccc(Cl)cc1OC. The van der Waals surface area contributed by atoms with Crippen LogP contribution >= 0.6 is 22.9 Å². The first-order chi connectivity index (χ1) is 15.9. The molecule has 3 amide bonds. The Kier molecular flexibility index (Phi) is 8.62. The highest BCUT2D eigenvalue weighted by Crippen LogP contribution is 2.24. The first-order valence-corrected chi connectivity index (χ1v) is 11.6. The van der Waals surface area contributed by atoms with Gasteiger partial charge in [0, 0.05) is 30.0 Å². The van der Waals surface area contributed by atoms with Gasteiger partial charge in [-0.15, -0.1) is 11.3 Å². The Bertz CT molecular complexity index is 1190. The summed E-state index contributed by atoms with van der Waals surface area (Å²) in [6.45, 7) is 3.32. The molecular weight excluding hydrogens is 467 g/mol. The zero-order chi connectivity index (χ0) is 23.8. The molecule has 2 N–H and O–H groups in total. The number of ether oxygens (including phenoxy) is 1. The fourth-order valence-electron chi connectivity index (χ4n) is 3.14. The first-order valence-electron chi connectivity index (χ1n) is 10.3. The Balaban J connectivity index is 1.92. The van der Waals surface area contributed by atoms with Crippen LogP contribution in [-0.4, -0.2) is 36.7 Å². The smallest absolute Gasteiger partial charge is 0.314 e. The van der Waals surface area contributed by atoms with Gasteiger partial charge < -0.3 is 19.9 Å². The van der Waals surface area contributed by atoms with Gasteiger partial charge in [-0.25, -0.2) is 9.18 Å². The average Bonchev–Trinajstić information content (AvgIpc) is 3.19. The Hall–Kier alpha value is -3.17. The molecule has 0 radical (unpaired) electrons. The van der Waals surface area contributed by atoms with E-state index in [1.807, 2.05) is 16.9 Å². The number of nitrogens with one attached hydrogen (secondary N) is 2. The third-order valence-electron chi connectivity index (χ3n) is 4.71. The second kappa shape index (κ2) is 11.6.